The van der Waals surface area contributed by atoms with Crippen molar-refractivity contribution >= 4 is 15.9 Å². The SMILES string of the molecule is CC(c1ccc(C(=O)NC2CCC(O)C2)cc1)N1CCCC(c2ccccc2)S1(=O)=O. The zero-order valence-corrected chi connectivity index (χ0v) is 18.6. The van der Waals surface area contributed by atoms with Gasteiger partial charge in [0, 0.05) is 24.2 Å². The molecule has 2 aliphatic rings. The molecule has 31 heavy (non-hydrogen) atoms. The lowest BCUT2D eigenvalue weighted by Gasteiger charge is -2.36. The molecule has 0 spiro atoms. The van der Waals surface area contributed by atoms with Crippen LogP contribution < -0.4 is 5.32 Å². The number of carbonyl (C=O) groups is 1. The van der Waals surface area contributed by atoms with Gasteiger partial charge in [-0.05, 0) is 62.3 Å². The highest BCUT2D eigenvalue weighted by atomic mass is 32.2. The number of rotatable bonds is 5. The van der Waals surface area contributed by atoms with E-state index in [0.29, 0.717) is 24.9 Å². The van der Waals surface area contributed by atoms with Gasteiger partial charge in [-0.2, -0.15) is 4.31 Å². The number of aliphatic hydroxyl groups is 1. The van der Waals surface area contributed by atoms with Gasteiger partial charge in [0.2, 0.25) is 10.0 Å². The standard InChI is InChI=1S/C24H30N2O4S/c1-17(26-15-5-8-23(31(26,29)30)19-6-3-2-4-7-19)18-9-11-20(12-10-18)24(28)25-21-13-14-22(27)16-21/h2-4,6-7,9-12,17,21-23,27H,5,8,13-16H2,1H3,(H,25,28). The quantitative estimate of drug-likeness (QED) is 0.741. The van der Waals surface area contributed by atoms with Gasteiger partial charge in [-0.3, -0.25) is 4.79 Å². The largest absolute Gasteiger partial charge is 0.393 e. The van der Waals surface area contributed by atoms with Gasteiger partial charge in [0.1, 0.15) is 5.25 Å². The third kappa shape index (κ3) is 4.68. The van der Waals surface area contributed by atoms with Crippen LogP contribution >= 0.6 is 0 Å². The molecule has 0 bridgehead atoms. The summed E-state index contributed by atoms with van der Waals surface area (Å²) in [5.74, 6) is -0.159. The zero-order chi connectivity index (χ0) is 22.0. The van der Waals surface area contributed by atoms with Gasteiger partial charge < -0.3 is 10.4 Å². The summed E-state index contributed by atoms with van der Waals surface area (Å²) in [4.78, 5) is 12.5. The number of hydrogen-bond donors (Lipinski definition) is 2. The Balaban J connectivity index is 1.47. The van der Waals surface area contributed by atoms with Crippen LogP contribution in [0, 0.1) is 0 Å². The second kappa shape index (κ2) is 9.10. The Labute approximate surface area is 184 Å². The summed E-state index contributed by atoms with van der Waals surface area (Å²) in [6.45, 7) is 2.40. The monoisotopic (exact) mass is 442 g/mol. The number of hydrogen-bond acceptors (Lipinski definition) is 4. The van der Waals surface area contributed by atoms with Crippen molar-refractivity contribution in [2.24, 2.45) is 0 Å². The molecule has 2 N–H and O–H groups in total. The van der Waals surface area contributed by atoms with Crippen LogP contribution in [0.25, 0.3) is 0 Å². The minimum atomic E-state index is -3.48. The molecule has 7 heteroatoms. The van der Waals surface area contributed by atoms with Crippen molar-refractivity contribution < 1.29 is 18.3 Å². The summed E-state index contributed by atoms with van der Waals surface area (Å²) in [6, 6.07) is 16.3. The molecule has 2 aromatic carbocycles. The molecule has 1 aliphatic carbocycles. The number of nitrogens with zero attached hydrogens (tertiary/aromatic N) is 1. The van der Waals surface area contributed by atoms with E-state index in [-0.39, 0.29) is 24.1 Å². The molecule has 2 fully saturated rings. The highest BCUT2D eigenvalue weighted by molar-refractivity contribution is 7.89. The van der Waals surface area contributed by atoms with Gasteiger partial charge in [-0.15, -0.1) is 0 Å². The third-order valence-corrected chi connectivity index (χ3v) is 8.91. The van der Waals surface area contributed by atoms with Crippen LogP contribution in [0.4, 0.5) is 0 Å². The topological polar surface area (TPSA) is 86.7 Å². The van der Waals surface area contributed by atoms with Crippen molar-refractivity contribution in [2.75, 3.05) is 6.54 Å². The number of nitrogens with one attached hydrogen (secondary N) is 1. The van der Waals surface area contributed by atoms with E-state index in [4.69, 9.17) is 0 Å². The molecule has 2 aromatic rings. The van der Waals surface area contributed by atoms with Crippen molar-refractivity contribution in [1.29, 1.82) is 0 Å². The first-order valence-electron chi connectivity index (χ1n) is 11.0. The molecule has 4 rings (SSSR count). The molecule has 6 nitrogen and oxygen atoms in total. The maximum Gasteiger partial charge on any atom is 0.251 e. The summed E-state index contributed by atoms with van der Waals surface area (Å²) in [7, 11) is -3.48. The van der Waals surface area contributed by atoms with Crippen LogP contribution in [0.1, 0.15) is 71.8 Å². The number of carbonyl (C=O) groups excluding carboxylic acids is 1. The molecule has 4 unspecified atom stereocenters. The molecule has 1 saturated heterocycles. The first kappa shape index (κ1) is 22.0. The summed E-state index contributed by atoms with van der Waals surface area (Å²) in [5, 5.41) is 12.1. The van der Waals surface area contributed by atoms with Crippen LogP contribution in [-0.4, -0.2) is 42.4 Å². The van der Waals surface area contributed by atoms with Crippen LogP contribution in [0.5, 0.6) is 0 Å². The van der Waals surface area contributed by atoms with Gasteiger partial charge in [0.25, 0.3) is 5.91 Å². The second-order valence-electron chi connectivity index (χ2n) is 8.63. The first-order chi connectivity index (χ1) is 14.9. The first-order valence-corrected chi connectivity index (χ1v) is 12.5. The van der Waals surface area contributed by atoms with Crippen LogP contribution in [0.15, 0.2) is 54.6 Å². The number of benzene rings is 2. The summed E-state index contributed by atoms with van der Waals surface area (Å²) >= 11 is 0. The Hall–Kier alpha value is -2.22. The fraction of sp³-hybridized carbons (Fsp3) is 0.458. The van der Waals surface area contributed by atoms with E-state index in [2.05, 4.69) is 5.32 Å². The highest BCUT2D eigenvalue weighted by Gasteiger charge is 2.39. The van der Waals surface area contributed by atoms with E-state index < -0.39 is 15.3 Å². The van der Waals surface area contributed by atoms with Crippen LogP contribution in [0.3, 0.4) is 0 Å². The molecule has 0 aromatic heterocycles. The summed E-state index contributed by atoms with van der Waals surface area (Å²) in [6.07, 6.45) is 3.21. The second-order valence-corrected chi connectivity index (χ2v) is 10.7. The Bertz CT molecular complexity index is 1010. The molecule has 166 valence electrons. The average Bonchev–Trinajstić information content (AvgIpc) is 3.18. The van der Waals surface area contributed by atoms with E-state index >= 15 is 0 Å². The predicted octanol–water partition coefficient (Wildman–Crippen LogP) is 3.56. The van der Waals surface area contributed by atoms with Crippen molar-refractivity contribution in [3.63, 3.8) is 0 Å². The maximum absolute atomic E-state index is 13.4. The van der Waals surface area contributed by atoms with Gasteiger partial charge in [0.05, 0.1) is 6.10 Å². The Morgan fingerprint density at radius 3 is 2.42 bits per heavy atom. The molecule has 4 atom stereocenters. The number of amides is 1. The fourth-order valence-electron chi connectivity index (χ4n) is 4.73. The highest BCUT2D eigenvalue weighted by Crippen LogP contribution is 2.38. The van der Waals surface area contributed by atoms with Crippen molar-refractivity contribution in [3.05, 3.63) is 71.3 Å². The molecule has 1 saturated carbocycles. The van der Waals surface area contributed by atoms with E-state index in [0.717, 1.165) is 30.4 Å². The Morgan fingerprint density at radius 1 is 1.06 bits per heavy atom. The molecule has 1 heterocycles. The van der Waals surface area contributed by atoms with E-state index in [1.165, 1.54) is 0 Å². The van der Waals surface area contributed by atoms with E-state index in [1.807, 2.05) is 49.4 Å². The van der Waals surface area contributed by atoms with E-state index in [9.17, 15) is 18.3 Å². The van der Waals surface area contributed by atoms with Crippen LogP contribution in [-0.2, 0) is 10.0 Å². The van der Waals surface area contributed by atoms with E-state index in [1.54, 1.807) is 16.4 Å². The fourth-order valence-corrected chi connectivity index (χ4v) is 6.97. The lowest BCUT2D eigenvalue weighted by atomic mass is 10.0. The molecular formula is C24H30N2O4S. The van der Waals surface area contributed by atoms with Gasteiger partial charge in [-0.1, -0.05) is 42.5 Å². The lowest BCUT2D eigenvalue weighted by Crippen LogP contribution is -2.41. The van der Waals surface area contributed by atoms with Gasteiger partial charge in [-0.25, -0.2) is 8.42 Å². The average molecular weight is 443 g/mol. The maximum atomic E-state index is 13.4. The molecule has 1 amide bonds. The Kier molecular flexibility index (Phi) is 6.46. The van der Waals surface area contributed by atoms with Gasteiger partial charge in [0.15, 0.2) is 0 Å². The number of sulfonamides is 1. The molecular weight excluding hydrogens is 412 g/mol. The predicted molar refractivity (Wildman–Crippen MR) is 120 cm³/mol. The minimum Gasteiger partial charge on any atom is -0.393 e. The number of aliphatic hydroxyl groups excluding tert-OH is 1. The normalized spacial score (nSPS) is 27.0. The van der Waals surface area contributed by atoms with Crippen molar-refractivity contribution in [2.45, 2.75) is 62.5 Å². The third-order valence-electron chi connectivity index (χ3n) is 6.53. The van der Waals surface area contributed by atoms with Crippen molar-refractivity contribution in [1.82, 2.24) is 9.62 Å². The van der Waals surface area contributed by atoms with Gasteiger partial charge >= 0.3 is 0 Å². The Morgan fingerprint density at radius 2 is 1.77 bits per heavy atom. The summed E-state index contributed by atoms with van der Waals surface area (Å²) < 4.78 is 28.3. The van der Waals surface area contributed by atoms with Crippen LogP contribution in [0.2, 0.25) is 0 Å². The minimum absolute atomic E-state index is 0.00881. The summed E-state index contributed by atoms with van der Waals surface area (Å²) in [5.41, 5.74) is 2.24. The zero-order valence-electron chi connectivity index (χ0n) is 17.8. The smallest absolute Gasteiger partial charge is 0.251 e. The molecule has 1 aliphatic heterocycles. The van der Waals surface area contributed by atoms with Crippen molar-refractivity contribution in [3.8, 4) is 0 Å². The molecule has 0 radical (unpaired) electrons. The lowest BCUT2D eigenvalue weighted by molar-refractivity contribution is 0.0934.